The Morgan fingerprint density at radius 3 is 2.26 bits per heavy atom. The van der Waals surface area contributed by atoms with Crippen molar-refractivity contribution in [2.24, 2.45) is 23.5 Å². The third-order valence-electron chi connectivity index (χ3n) is 4.46. The lowest BCUT2D eigenvalue weighted by Gasteiger charge is -2.22. The van der Waals surface area contributed by atoms with Crippen LogP contribution in [0.3, 0.4) is 0 Å². The number of amides is 2. The van der Waals surface area contributed by atoms with Crippen molar-refractivity contribution in [1.29, 1.82) is 0 Å². The highest BCUT2D eigenvalue weighted by molar-refractivity contribution is 6.05. The molecule has 1 heterocycles. The molecule has 0 bridgehead atoms. The summed E-state index contributed by atoms with van der Waals surface area (Å²) in [4.78, 5) is 26.0. The van der Waals surface area contributed by atoms with Crippen molar-refractivity contribution in [2.45, 2.75) is 39.2 Å². The third-order valence-corrected chi connectivity index (χ3v) is 4.46. The van der Waals surface area contributed by atoms with Gasteiger partial charge >= 0.3 is 0 Å². The number of carbonyl (C=O) groups is 2. The molecular weight excluding hydrogens is 244 g/mol. The van der Waals surface area contributed by atoms with Crippen LogP contribution >= 0.6 is 0 Å². The Balaban J connectivity index is 2.02. The van der Waals surface area contributed by atoms with Crippen LogP contribution < -0.4 is 5.73 Å². The zero-order valence-corrected chi connectivity index (χ0v) is 11.8. The van der Waals surface area contributed by atoms with E-state index < -0.39 is 0 Å². The van der Waals surface area contributed by atoms with Gasteiger partial charge in [-0.1, -0.05) is 13.3 Å². The minimum atomic E-state index is -0.237. The van der Waals surface area contributed by atoms with E-state index in [1.807, 2.05) is 6.92 Å². The van der Waals surface area contributed by atoms with Crippen LogP contribution in [0.25, 0.3) is 0 Å². The van der Waals surface area contributed by atoms with Gasteiger partial charge in [0, 0.05) is 13.2 Å². The largest absolute Gasteiger partial charge is 0.375 e. The van der Waals surface area contributed by atoms with Crippen molar-refractivity contribution >= 4 is 11.8 Å². The molecule has 3 atom stereocenters. The highest BCUT2D eigenvalue weighted by atomic mass is 16.5. The SMILES string of the molecule is CCOC(CN)CN1C(=O)C2CC(CC)CC2C1=O. The van der Waals surface area contributed by atoms with E-state index in [1.165, 1.54) is 4.90 Å². The van der Waals surface area contributed by atoms with Gasteiger partial charge in [0.1, 0.15) is 0 Å². The maximum absolute atomic E-state index is 12.3. The van der Waals surface area contributed by atoms with E-state index in [2.05, 4.69) is 6.92 Å². The number of nitrogens with two attached hydrogens (primary N) is 1. The zero-order chi connectivity index (χ0) is 14.0. The standard InChI is InChI=1S/C14H24N2O3/c1-3-9-5-11-12(6-9)14(18)16(13(11)17)8-10(7-15)19-4-2/h9-12H,3-8,15H2,1-2H3. The van der Waals surface area contributed by atoms with Gasteiger partial charge in [-0.15, -0.1) is 0 Å². The summed E-state index contributed by atoms with van der Waals surface area (Å²) < 4.78 is 5.44. The van der Waals surface area contributed by atoms with Crippen molar-refractivity contribution in [3.63, 3.8) is 0 Å². The maximum atomic E-state index is 12.3. The highest BCUT2D eigenvalue weighted by Gasteiger charge is 2.52. The second-order valence-electron chi connectivity index (χ2n) is 5.56. The van der Waals surface area contributed by atoms with E-state index in [4.69, 9.17) is 10.5 Å². The molecule has 0 aromatic heterocycles. The number of ether oxygens (including phenoxy) is 1. The van der Waals surface area contributed by atoms with Crippen molar-refractivity contribution in [3.05, 3.63) is 0 Å². The summed E-state index contributed by atoms with van der Waals surface area (Å²) in [6.07, 6.45) is 2.55. The predicted molar refractivity (Wildman–Crippen MR) is 71.2 cm³/mol. The van der Waals surface area contributed by atoms with E-state index in [1.54, 1.807) is 0 Å². The first-order valence-electron chi connectivity index (χ1n) is 7.29. The number of rotatable bonds is 6. The first-order chi connectivity index (χ1) is 9.12. The summed E-state index contributed by atoms with van der Waals surface area (Å²) in [7, 11) is 0. The van der Waals surface area contributed by atoms with Crippen LogP contribution in [0.15, 0.2) is 0 Å². The number of nitrogens with zero attached hydrogens (tertiary/aromatic N) is 1. The van der Waals surface area contributed by atoms with Crippen LogP contribution in [0.4, 0.5) is 0 Å². The van der Waals surface area contributed by atoms with Crippen molar-refractivity contribution in [2.75, 3.05) is 19.7 Å². The van der Waals surface area contributed by atoms with Gasteiger partial charge in [-0.2, -0.15) is 0 Å². The molecule has 5 heteroatoms. The number of hydrogen-bond donors (Lipinski definition) is 1. The van der Waals surface area contributed by atoms with E-state index in [0.717, 1.165) is 19.3 Å². The monoisotopic (exact) mass is 268 g/mol. The van der Waals surface area contributed by atoms with E-state index in [-0.39, 0.29) is 29.8 Å². The molecular formula is C14H24N2O3. The maximum Gasteiger partial charge on any atom is 0.233 e. The molecule has 5 nitrogen and oxygen atoms in total. The second-order valence-corrected chi connectivity index (χ2v) is 5.56. The highest BCUT2D eigenvalue weighted by Crippen LogP contribution is 2.44. The smallest absolute Gasteiger partial charge is 0.233 e. The molecule has 0 aromatic rings. The Morgan fingerprint density at radius 1 is 1.26 bits per heavy atom. The van der Waals surface area contributed by atoms with Crippen LogP contribution in [-0.2, 0) is 14.3 Å². The molecule has 0 spiro atoms. The molecule has 3 unspecified atom stereocenters. The lowest BCUT2D eigenvalue weighted by atomic mass is 10.00. The molecule has 0 radical (unpaired) electrons. The van der Waals surface area contributed by atoms with Crippen LogP contribution in [-0.4, -0.2) is 42.5 Å². The van der Waals surface area contributed by atoms with Gasteiger partial charge in [0.25, 0.3) is 0 Å². The fourth-order valence-electron chi connectivity index (χ4n) is 3.35. The first kappa shape index (κ1) is 14.5. The van der Waals surface area contributed by atoms with Gasteiger partial charge in [0.05, 0.1) is 24.5 Å². The summed E-state index contributed by atoms with van der Waals surface area (Å²) in [6, 6.07) is 0. The molecule has 2 aliphatic rings. The van der Waals surface area contributed by atoms with E-state index in [0.29, 0.717) is 25.6 Å². The fraction of sp³-hybridized carbons (Fsp3) is 0.857. The van der Waals surface area contributed by atoms with Crippen LogP contribution in [0, 0.1) is 17.8 Å². The van der Waals surface area contributed by atoms with Crippen molar-refractivity contribution < 1.29 is 14.3 Å². The summed E-state index contributed by atoms with van der Waals surface area (Å²) in [5.74, 6) is 0.338. The topological polar surface area (TPSA) is 72.6 Å². The Kier molecular flexibility index (Phi) is 4.58. The number of carbonyl (C=O) groups excluding carboxylic acids is 2. The van der Waals surface area contributed by atoms with Crippen molar-refractivity contribution in [1.82, 2.24) is 4.90 Å². The minimum Gasteiger partial charge on any atom is -0.375 e. The summed E-state index contributed by atoms with van der Waals surface area (Å²) in [6.45, 7) is 5.20. The molecule has 1 aliphatic carbocycles. The molecule has 2 N–H and O–H groups in total. The Labute approximate surface area is 114 Å². The van der Waals surface area contributed by atoms with E-state index in [9.17, 15) is 9.59 Å². The Hall–Kier alpha value is -0.940. The third kappa shape index (κ3) is 2.67. The Bertz CT molecular complexity index is 335. The minimum absolute atomic E-state index is 0.0101. The molecule has 0 aromatic carbocycles. The number of imide groups is 1. The first-order valence-corrected chi connectivity index (χ1v) is 7.29. The number of hydrogen-bond acceptors (Lipinski definition) is 4. The molecule has 2 rings (SSSR count). The average molecular weight is 268 g/mol. The molecule has 1 saturated heterocycles. The molecule has 2 fully saturated rings. The van der Waals surface area contributed by atoms with Gasteiger partial charge in [0.2, 0.25) is 11.8 Å². The Morgan fingerprint density at radius 2 is 1.84 bits per heavy atom. The van der Waals surface area contributed by atoms with Gasteiger partial charge in [-0.3, -0.25) is 14.5 Å². The van der Waals surface area contributed by atoms with Crippen LogP contribution in [0.1, 0.15) is 33.1 Å². The summed E-state index contributed by atoms with van der Waals surface area (Å²) in [5, 5.41) is 0. The molecule has 19 heavy (non-hydrogen) atoms. The van der Waals surface area contributed by atoms with Gasteiger partial charge in [0.15, 0.2) is 0 Å². The van der Waals surface area contributed by atoms with Crippen molar-refractivity contribution in [3.8, 4) is 0 Å². The van der Waals surface area contributed by atoms with Crippen LogP contribution in [0.2, 0.25) is 0 Å². The van der Waals surface area contributed by atoms with Gasteiger partial charge in [-0.25, -0.2) is 0 Å². The van der Waals surface area contributed by atoms with Gasteiger partial charge in [-0.05, 0) is 25.7 Å². The van der Waals surface area contributed by atoms with Gasteiger partial charge < -0.3 is 10.5 Å². The zero-order valence-electron chi connectivity index (χ0n) is 11.8. The van der Waals surface area contributed by atoms with E-state index >= 15 is 0 Å². The molecule has 2 amide bonds. The number of fused-ring (bicyclic) bond motifs is 1. The quantitative estimate of drug-likeness (QED) is 0.722. The second kappa shape index (κ2) is 6.01. The predicted octanol–water partition coefficient (Wildman–Crippen LogP) is 0.771. The molecule has 1 aliphatic heterocycles. The lowest BCUT2D eigenvalue weighted by Crippen LogP contribution is -2.42. The summed E-state index contributed by atoms with van der Waals surface area (Å²) >= 11 is 0. The molecule has 108 valence electrons. The number of likely N-dealkylation sites (tertiary alicyclic amines) is 1. The molecule has 1 saturated carbocycles. The normalized spacial score (nSPS) is 31.9. The summed E-state index contributed by atoms with van der Waals surface area (Å²) in [5.41, 5.74) is 5.61. The average Bonchev–Trinajstić information content (AvgIpc) is 2.93. The fourth-order valence-corrected chi connectivity index (χ4v) is 3.35. The van der Waals surface area contributed by atoms with Crippen LogP contribution in [0.5, 0.6) is 0 Å². The lowest BCUT2D eigenvalue weighted by molar-refractivity contribution is -0.142.